The molecular weight excluding hydrogens is 156 g/mol. The third-order valence-electron chi connectivity index (χ3n) is 1.86. The molecule has 1 aliphatic rings. The Labute approximate surface area is 72.6 Å². The molecule has 62 valence electrons. The zero-order chi connectivity index (χ0) is 8.10. The summed E-state index contributed by atoms with van der Waals surface area (Å²) in [4.78, 5) is 2.38. The van der Waals surface area contributed by atoms with Crippen molar-refractivity contribution in [3.63, 3.8) is 0 Å². The number of nitriles is 1. The van der Waals surface area contributed by atoms with Crippen molar-refractivity contribution in [2.24, 2.45) is 5.92 Å². The van der Waals surface area contributed by atoms with E-state index in [4.69, 9.17) is 5.26 Å². The topological polar surface area (TPSA) is 27.0 Å². The molecule has 1 fully saturated rings. The van der Waals surface area contributed by atoms with Gasteiger partial charge in [-0.2, -0.15) is 17.0 Å². The minimum Gasteiger partial charge on any atom is -0.300 e. The summed E-state index contributed by atoms with van der Waals surface area (Å²) in [6.45, 7) is 5.27. The molecule has 0 radical (unpaired) electrons. The van der Waals surface area contributed by atoms with Gasteiger partial charge < -0.3 is 4.90 Å². The molecule has 0 aromatic heterocycles. The van der Waals surface area contributed by atoms with Gasteiger partial charge >= 0.3 is 0 Å². The number of thioether (sulfide) groups is 1. The van der Waals surface area contributed by atoms with Gasteiger partial charge in [0.2, 0.25) is 0 Å². The summed E-state index contributed by atoms with van der Waals surface area (Å²) in [5.74, 6) is 2.66. The Morgan fingerprint density at radius 1 is 1.55 bits per heavy atom. The largest absolute Gasteiger partial charge is 0.300 e. The quantitative estimate of drug-likeness (QED) is 0.623. The lowest BCUT2D eigenvalue weighted by Crippen LogP contribution is -2.35. The molecular formula is C8H14N2S. The number of hydrogen-bond donors (Lipinski definition) is 0. The Kier molecular flexibility index (Phi) is 3.74. The van der Waals surface area contributed by atoms with Crippen molar-refractivity contribution >= 4 is 11.8 Å². The molecule has 0 spiro atoms. The highest BCUT2D eigenvalue weighted by atomic mass is 32.2. The summed E-state index contributed by atoms with van der Waals surface area (Å²) < 4.78 is 0. The second-order valence-electron chi connectivity index (χ2n) is 2.94. The molecule has 1 unspecified atom stereocenters. The summed E-state index contributed by atoms with van der Waals surface area (Å²) in [6.07, 6.45) is 0. The minimum absolute atomic E-state index is 0.193. The summed E-state index contributed by atoms with van der Waals surface area (Å²) in [6, 6.07) is 2.26. The maximum atomic E-state index is 8.58. The fraction of sp³-hybridized carbons (Fsp3) is 0.875. The smallest absolute Gasteiger partial charge is 0.0666 e. The average Bonchev–Trinajstić information content (AvgIpc) is 2.06. The van der Waals surface area contributed by atoms with Gasteiger partial charge in [-0.15, -0.1) is 0 Å². The predicted molar refractivity (Wildman–Crippen MR) is 48.5 cm³/mol. The molecule has 1 rings (SSSR count). The lowest BCUT2D eigenvalue weighted by atomic mass is 10.2. The highest BCUT2D eigenvalue weighted by molar-refractivity contribution is 7.99. The van der Waals surface area contributed by atoms with Crippen molar-refractivity contribution in [3.05, 3.63) is 0 Å². The average molecular weight is 170 g/mol. The Morgan fingerprint density at radius 3 is 2.73 bits per heavy atom. The van der Waals surface area contributed by atoms with Gasteiger partial charge in [0.05, 0.1) is 12.0 Å². The van der Waals surface area contributed by atoms with Crippen molar-refractivity contribution in [3.8, 4) is 6.07 Å². The molecule has 2 nitrogen and oxygen atoms in total. The van der Waals surface area contributed by atoms with Gasteiger partial charge in [-0.05, 0) is 6.92 Å². The maximum Gasteiger partial charge on any atom is 0.0666 e. The third-order valence-corrected chi connectivity index (χ3v) is 2.80. The first-order chi connectivity index (χ1) is 5.33. The fourth-order valence-corrected chi connectivity index (χ4v) is 2.19. The maximum absolute atomic E-state index is 8.58. The molecule has 0 aromatic rings. The monoisotopic (exact) mass is 170 g/mol. The molecule has 3 heteroatoms. The van der Waals surface area contributed by atoms with Crippen LogP contribution in [0.15, 0.2) is 0 Å². The lowest BCUT2D eigenvalue weighted by Gasteiger charge is -2.26. The van der Waals surface area contributed by atoms with E-state index in [9.17, 15) is 0 Å². The number of rotatable bonds is 2. The zero-order valence-electron chi connectivity index (χ0n) is 6.92. The highest BCUT2D eigenvalue weighted by Crippen LogP contribution is 2.10. The predicted octanol–water partition coefficient (Wildman–Crippen LogP) is 1.19. The first-order valence-corrected chi connectivity index (χ1v) is 5.18. The van der Waals surface area contributed by atoms with Crippen molar-refractivity contribution in [2.75, 3.05) is 31.1 Å². The molecule has 11 heavy (non-hydrogen) atoms. The Morgan fingerprint density at radius 2 is 2.18 bits per heavy atom. The molecule has 0 bridgehead atoms. The molecule has 0 amide bonds. The molecule has 1 aliphatic heterocycles. The van der Waals surface area contributed by atoms with E-state index in [0.29, 0.717) is 0 Å². The van der Waals surface area contributed by atoms with E-state index in [2.05, 4.69) is 11.0 Å². The van der Waals surface area contributed by atoms with Crippen LogP contribution < -0.4 is 0 Å². The lowest BCUT2D eigenvalue weighted by molar-refractivity contribution is 0.281. The van der Waals surface area contributed by atoms with Gasteiger partial charge in [-0.3, -0.25) is 0 Å². The van der Waals surface area contributed by atoms with Gasteiger partial charge in [-0.25, -0.2) is 0 Å². The van der Waals surface area contributed by atoms with Crippen LogP contribution in [0, 0.1) is 17.2 Å². The standard InChI is InChI=1S/C8H14N2S/c1-8(6-9)7-10-2-4-11-5-3-10/h8H,2-5,7H2,1H3. The van der Waals surface area contributed by atoms with Crippen LogP contribution in [0.2, 0.25) is 0 Å². The van der Waals surface area contributed by atoms with Crippen LogP contribution in [-0.2, 0) is 0 Å². The normalized spacial score (nSPS) is 22.5. The number of hydrogen-bond acceptors (Lipinski definition) is 3. The van der Waals surface area contributed by atoms with Crippen molar-refractivity contribution in [1.82, 2.24) is 4.90 Å². The fourth-order valence-electron chi connectivity index (χ4n) is 1.21. The van der Waals surface area contributed by atoms with E-state index in [0.717, 1.165) is 19.6 Å². The molecule has 0 aliphatic carbocycles. The van der Waals surface area contributed by atoms with E-state index in [1.165, 1.54) is 11.5 Å². The van der Waals surface area contributed by atoms with E-state index in [-0.39, 0.29) is 5.92 Å². The van der Waals surface area contributed by atoms with Crippen molar-refractivity contribution in [2.45, 2.75) is 6.92 Å². The van der Waals surface area contributed by atoms with E-state index >= 15 is 0 Å². The second-order valence-corrected chi connectivity index (χ2v) is 4.17. The summed E-state index contributed by atoms with van der Waals surface area (Å²) in [5, 5.41) is 8.58. The molecule has 0 aromatic carbocycles. The Hall–Kier alpha value is -0.200. The summed E-state index contributed by atoms with van der Waals surface area (Å²) in [5.41, 5.74) is 0. The summed E-state index contributed by atoms with van der Waals surface area (Å²) >= 11 is 2.01. The van der Waals surface area contributed by atoms with Gasteiger partial charge in [0.15, 0.2) is 0 Å². The molecule has 1 saturated heterocycles. The summed E-state index contributed by atoms with van der Waals surface area (Å²) in [7, 11) is 0. The van der Waals surface area contributed by atoms with Crippen LogP contribution in [0.25, 0.3) is 0 Å². The van der Waals surface area contributed by atoms with Crippen LogP contribution in [0.5, 0.6) is 0 Å². The Bertz CT molecular complexity index is 147. The van der Waals surface area contributed by atoms with Gasteiger partial charge in [0.1, 0.15) is 0 Å². The van der Waals surface area contributed by atoms with Crippen molar-refractivity contribution in [1.29, 1.82) is 5.26 Å². The molecule has 0 N–H and O–H groups in total. The van der Waals surface area contributed by atoms with E-state index < -0.39 is 0 Å². The SMILES string of the molecule is CC(C#N)CN1CCSCC1. The van der Waals surface area contributed by atoms with Crippen LogP contribution in [-0.4, -0.2) is 36.0 Å². The van der Waals surface area contributed by atoms with Crippen LogP contribution in [0.3, 0.4) is 0 Å². The molecule has 1 heterocycles. The van der Waals surface area contributed by atoms with Gasteiger partial charge in [-0.1, -0.05) is 0 Å². The Balaban J connectivity index is 2.20. The highest BCUT2D eigenvalue weighted by Gasteiger charge is 2.12. The molecule has 0 saturated carbocycles. The first kappa shape index (κ1) is 8.89. The first-order valence-electron chi connectivity index (χ1n) is 4.02. The van der Waals surface area contributed by atoms with Crippen LogP contribution >= 0.6 is 11.8 Å². The minimum atomic E-state index is 0.193. The third kappa shape index (κ3) is 3.13. The van der Waals surface area contributed by atoms with E-state index in [1.54, 1.807) is 0 Å². The van der Waals surface area contributed by atoms with E-state index in [1.807, 2.05) is 18.7 Å². The zero-order valence-corrected chi connectivity index (χ0v) is 7.73. The number of nitrogens with zero attached hydrogens (tertiary/aromatic N) is 2. The van der Waals surface area contributed by atoms with Gasteiger partial charge in [0, 0.05) is 31.1 Å². The van der Waals surface area contributed by atoms with Crippen LogP contribution in [0.4, 0.5) is 0 Å². The second kappa shape index (κ2) is 4.63. The molecule has 1 atom stereocenters. The van der Waals surface area contributed by atoms with Crippen molar-refractivity contribution < 1.29 is 0 Å². The van der Waals surface area contributed by atoms with Crippen LogP contribution in [0.1, 0.15) is 6.92 Å². The van der Waals surface area contributed by atoms with Gasteiger partial charge in [0.25, 0.3) is 0 Å².